The first-order chi connectivity index (χ1) is 3.39. The van der Waals surface area contributed by atoms with Crippen molar-refractivity contribution in [2.75, 3.05) is 0 Å². The summed E-state index contributed by atoms with van der Waals surface area (Å²) in [6.07, 6.45) is 2.66. The van der Waals surface area contributed by atoms with E-state index in [1.807, 2.05) is 6.92 Å². The van der Waals surface area contributed by atoms with Crippen LogP contribution in [0.4, 0.5) is 0 Å². The van der Waals surface area contributed by atoms with Gasteiger partial charge in [-0.25, -0.2) is 0 Å². The maximum absolute atomic E-state index is 3.00. The standard InChI is InChI=1S/C7H6/c1-7-5-3-2-4-6-7/h3H,6H2,1H3. The van der Waals surface area contributed by atoms with Gasteiger partial charge in [0.15, 0.2) is 0 Å². The maximum atomic E-state index is 3.00. The molecule has 0 amide bonds. The molecule has 0 aromatic carbocycles. The third kappa shape index (κ3) is 0.961. The molecular weight excluding hydrogens is 84.1 g/mol. The van der Waals surface area contributed by atoms with E-state index in [0.29, 0.717) is 0 Å². The van der Waals surface area contributed by atoms with Crippen molar-refractivity contribution >= 4 is 0 Å². The fourth-order valence-corrected chi connectivity index (χ4v) is 0.445. The summed E-state index contributed by atoms with van der Waals surface area (Å²) in [4.78, 5) is 0. The highest BCUT2D eigenvalue weighted by Gasteiger charge is 1.81. The van der Waals surface area contributed by atoms with Crippen molar-refractivity contribution in [2.45, 2.75) is 13.3 Å². The average Bonchev–Trinajstić information content (AvgIpc) is 1.69. The molecule has 1 aliphatic carbocycles. The monoisotopic (exact) mass is 90.0 g/mol. The van der Waals surface area contributed by atoms with Crippen LogP contribution >= 0.6 is 0 Å². The molecule has 0 N–H and O–H groups in total. The third-order valence-electron chi connectivity index (χ3n) is 0.846. The molecule has 1 rings (SSSR count). The summed E-state index contributed by atoms with van der Waals surface area (Å²) in [5, 5.41) is 0. The Hall–Kier alpha value is -0.920. The van der Waals surface area contributed by atoms with E-state index in [0.717, 1.165) is 6.42 Å². The molecule has 0 bridgehead atoms. The van der Waals surface area contributed by atoms with Crippen LogP contribution in [0.25, 0.3) is 0 Å². The Balaban J connectivity index is 2.90. The molecule has 0 saturated carbocycles. The normalized spacial score (nSPS) is 14.7. The summed E-state index contributed by atoms with van der Waals surface area (Å²) in [7, 11) is 0. The molecule has 0 saturated heterocycles. The van der Waals surface area contributed by atoms with Gasteiger partial charge in [0.05, 0.1) is 0 Å². The Morgan fingerprint density at radius 3 is 2.86 bits per heavy atom. The van der Waals surface area contributed by atoms with E-state index in [4.69, 9.17) is 0 Å². The lowest BCUT2D eigenvalue weighted by molar-refractivity contribution is 1.25. The Labute approximate surface area is 43.5 Å². The maximum Gasteiger partial charge on any atom is 0.0376 e. The largest absolute Gasteiger partial charge is 0.112 e. The molecule has 0 aromatic heterocycles. The lowest BCUT2D eigenvalue weighted by Gasteiger charge is -1.86. The first kappa shape index (κ1) is 4.24. The molecule has 0 heterocycles. The van der Waals surface area contributed by atoms with Crippen molar-refractivity contribution in [3.05, 3.63) is 17.4 Å². The molecule has 0 aromatic rings. The fourth-order valence-electron chi connectivity index (χ4n) is 0.445. The van der Waals surface area contributed by atoms with E-state index in [2.05, 4.69) is 17.6 Å². The first-order valence-corrected chi connectivity index (χ1v) is 2.28. The zero-order chi connectivity index (χ0) is 5.11. The highest BCUT2D eigenvalue weighted by Crippen LogP contribution is 1.96. The summed E-state index contributed by atoms with van der Waals surface area (Å²) >= 11 is 0. The molecule has 1 aliphatic rings. The van der Waals surface area contributed by atoms with Crippen LogP contribution < -0.4 is 0 Å². The lowest BCUT2D eigenvalue weighted by atomic mass is 10.2. The van der Waals surface area contributed by atoms with Crippen LogP contribution in [0, 0.1) is 11.8 Å². The van der Waals surface area contributed by atoms with Crippen LogP contribution in [-0.2, 0) is 0 Å². The van der Waals surface area contributed by atoms with E-state index >= 15 is 0 Å². The SMILES string of the molecule is CC1=C=CC#CC1. The third-order valence-corrected chi connectivity index (χ3v) is 0.846. The summed E-state index contributed by atoms with van der Waals surface area (Å²) in [5.74, 6) is 5.74. The van der Waals surface area contributed by atoms with Gasteiger partial charge in [-0.3, -0.25) is 0 Å². The minimum atomic E-state index is 0.899. The second-order valence-corrected chi connectivity index (χ2v) is 1.57. The Morgan fingerprint density at radius 2 is 2.57 bits per heavy atom. The van der Waals surface area contributed by atoms with Gasteiger partial charge in [0, 0.05) is 12.5 Å². The molecule has 0 atom stereocenters. The van der Waals surface area contributed by atoms with Crippen molar-refractivity contribution in [2.24, 2.45) is 0 Å². The van der Waals surface area contributed by atoms with Gasteiger partial charge >= 0.3 is 0 Å². The van der Waals surface area contributed by atoms with Crippen molar-refractivity contribution in [3.63, 3.8) is 0 Å². The Kier molecular flexibility index (Phi) is 1.02. The van der Waals surface area contributed by atoms with Crippen molar-refractivity contribution < 1.29 is 0 Å². The van der Waals surface area contributed by atoms with Gasteiger partial charge in [0.25, 0.3) is 0 Å². The second-order valence-electron chi connectivity index (χ2n) is 1.57. The van der Waals surface area contributed by atoms with E-state index < -0.39 is 0 Å². The summed E-state index contributed by atoms with van der Waals surface area (Å²) in [5.41, 5.74) is 4.23. The van der Waals surface area contributed by atoms with Crippen LogP contribution in [0.5, 0.6) is 0 Å². The van der Waals surface area contributed by atoms with Gasteiger partial charge < -0.3 is 0 Å². The molecule has 7 heavy (non-hydrogen) atoms. The fraction of sp³-hybridized carbons (Fsp3) is 0.286. The molecule has 0 heteroatoms. The minimum absolute atomic E-state index is 0.899. The van der Waals surface area contributed by atoms with Crippen LogP contribution in [0.1, 0.15) is 13.3 Å². The topological polar surface area (TPSA) is 0 Å². The number of rotatable bonds is 0. The van der Waals surface area contributed by atoms with Crippen LogP contribution in [0.3, 0.4) is 0 Å². The molecule has 0 fully saturated rings. The molecule has 0 spiro atoms. The van der Waals surface area contributed by atoms with Gasteiger partial charge in [-0.05, 0) is 12.5 Å². The predicted molar refractivity (Wildman–Crippen MR) is 29.7 cm³/mol. The zero-order valence-corrected chi connectivity index (χ0v) is 4.28. The van der Waals surface area contributed by atoms with E-state index in [9.17, 15) is 0 Å². The van der Waals surface area contributed by atoms with E-state index in [1.165, 1.54) is 5.57 Å². The van der Waals surface area contributed by atoms with Crippen LogP contribution in [-0.4, -0.2) is 0 Å². The Bertz CT molecular complexity index is 180. The number of allylic oxidation sites excluding steroid dienone is 1. The van der Waals surface area contributed by atoms with Gasteiger partial charge in [-0.1, -0.05) is 11.8 Å². The number of hydrogen-bond acceptors (Lipinski definition) is 0. The molecule has 0 unspecified atom stereocenters. The van der Waals surface area contributed by atoms with Gasteiger partial charge in [-0.2, -0.15) is 0 Å². The smallest absolute Gasteiger partial charge is 0.0376 e. The lowest BCUT2D eigenvalue weighted by Crippen LogP contribution is -1.71. The van der Waals surface area contributed by atoms with E-state index in [1.54, 1.807) is 6.08 Å². The van der Waals surface area contributed by atoms with Crippen molar-refractivity contribution in [1.29, 1.82) is 0 Å². The molecule has 34 valence electrons. The highest BCUT2D eigenvalue weighted by atomic mass is 13.8. The summed E-state index contributed by atoms with van der Waals surface area (Å²) in [6, 6.07) is 0. The molecule has 0 nitrogen and oxygen atoms in total. The van der Waals surface area contributed by atoms with Gasteiger partial charge in [0.1, 0.15) is 0 Å². The summed E-state index contributed by atoms with van der Waals surface area (Å²) < 4.78 is 0. The zero-order valence-electron chi connectivity index (χ0n) is 4.28. The number of hydrogen-bond donors (Lipinski definition) is 0. The summed E-state index contributed by atoms with van der Waals surface area (Å²) in [6.45, 7) is 2.03. The predicted octanol–water partition coefficient (Wildman–Crippen LogP) is 1.49. The minimum Gasteiger partial charge on any atom is -0.112 e. The average molecular weight is 90.1 g/mol. The van der Waals surface area contributed by atoms with Crippen molar-refractivity contribution in [1.82, 2.24) is 0 Å². The van der Waals surface area contributed by atoms with Crippen molar-refractivity contribution in [3.8, 4) is 11.8 Å². The van der Waals surface area contributed by atoms with E-state index in [-0.39, 0.29) is 0 Å². The molecule has 0 aliphatic heterocycles. The van der Waals surface area contributed by atoms with Crippen LogP contribution in [0.2, 0.25) is 0 Å². The van der Waals surface area contributed by atoms with Gasteiger partial charge in [-0.15, -0.1) is 5.73 Å². The van der Waals surface area contributed by atoms with Gasteiger partial charge in [0.2, 0.25) is 0 Å². The van der Waals surface area contributed by atoms with Crippen LogP contribution in [0.15, 0.2) is 17.4 Å². The first-order valence-electron chi connectivity index (χ1n) is 2.28. The highest BCUT2D eigenvalue weighted by molar-refractivity contribution is 5.25. The quantitative estimate of drug-likeness (QED) is 0.312. The second kappa shape index (κ2) is 1.69. The Morgan fingerprint density at radius 1 is 1.71 bits per heavy atom. The molecule has 0 radical (unpaired) electrons. The molecular formula is C7H6.